The molecule has 22 heavy (non-hydrogen) atoms. The zero-order chi connectivity index (χ0) is 15.5. The number of halogens is 1. The molecule has 0 spiro atoms. The Kier molecular flexibility index (Phi) is 4.48. The summed E-state index contributed by atoms with van der Waals surface area (Å²) in [5, 5.41) is 3.02. The second-order valence-electron chi connectivity index (χ2n) is 5.53. The maximum Gasteiger partial charge on any atom is 0.224 e. The highest BCUT2D eigenvalue weighted by Gasteiger charge is 2.43. The van der Waals surface area contributed by atoms with Gasteiger partial charge in [0.2, 0.25) is 5.91 Å². The molecule has 3 rings (SSSR count). The summed E-state index contributed by atoms with van der Waals surface area (Å²) in [5.41, 5.74) is 2.23. The molecule has 1 N–H and O–H groups in total. The van der Waals surface area contributed by atoms with Gasteiger partial charge in [-0.2, -0.15) is 0 Å². The van der Waals surface area contributed by atoms with Gasteiger partial charge in [-0.3, -0.25) is 4.79 Å². The first-order valence-corrected chi connectivity index (χ1v) is 8.13. The zero-order valence-electron chi connectivity index (χ0n) is 12.4. The fourth-order valence-corrected chi connectivity index (χ4v) is 3.17. The van der Waals surface area contributed by atoms with Crippen LogP contribution in [-0.4, -0.2) is 13.0 Å². The van der Waals surface area contributed by atoms with E-state index in [1.54, 1.807) is 7.11 Å². The van der Waals surface area contributed by atoms with Crippen LogP contribution >= 0.6 is 15.9 Å². The van der Waals surface area contributed by atoms with Crippen molar-refractivity contribution in [1.29, 1.82) is 0 Å². The van der Waals surface area contributed by atoms with Crippen LogP contribution in [0.15, 0.2) is 53.0 Å². The molecule has 3 nitrogen and oxygen atoms in total. The van der Waals surface area contributed by atoms with E-state index in [0.717, 1.165) is 22.2 Å². The SMILES string of the molecule is COc1ccccc1CNC(=O)C1CC1c1cccc(Br)c1. The Labute approximate surface area is 138 Å². The van der Waals surface area contributed by atoms with Crippen molar-refractivity contribution in [2.24, 2.45) is 5.92 Å². The lowest BCUT2D eigenvalue weighted by Crippen LogP contribution is -2.25. The second kappa shape index (κ2) is 6.53. The molecule has 1 aliphatic rings. The van der Waals surface area contributed by atoms with Gasteiger partial charge in [0, 0.05) is 22.5 Å². The molecule has 0 bridgehead atoms. The lowest BCUT2D eigenvalue weighted by Gasteiger charge is -2.09. The van der Waals surface area contributed by atoms with Gasteiger partial charge in [0.15, 0.2) is 0 Å². The third kappa shape index (κ3) is 3.33. The number of rotatable bonds is 5. The molecule has 2 aromatic carbocycles. The molecule has 1 aliphatic carbocycles. The van der Waals surface area contributed by atoms with Crippen LogP contribution in [0.25, 0.3) is 0 Å². The Balaban J connectivity index is 1.58. The fraction of sp³-hybridized carbons (Fsp3) is 0.278. The third-order valence-corrected chi connectivity index (χ3v) is 4.54. The van der Waals surface area contributed by atoms with Crippen LogP contribution in [0, 0.1) is 5.92 Å². The van der Waals surface area contributed by atoms with Crippen molar-refractivity contribution in [3.63, 3.8) is 0 Å². The van der Waals surface area contributed by atoms with Gasteiger partial charge in [0.25, 0.3) is 0 Å². The first-order valence-electron chi connectivity index (χ1n) is 7.34. The fourth-order valence-electron chi connectivity index (χ4n) is 2.75. The molecule has 2 unspecified atom stereocenters. The average molecular weight is 360 g/mol. The van der Waals surface area contributed by atoms with Gasteiger partial charge >= 0.3 is 0 Å². The monoisotopic (exact) mass is 359 g/mol. The molecule has 0 aliphatic heterocycles. The van der Waals surface area contributed by atoms with Crippen LogP contribution in [0.4, 0.5) is 0 Å². The van der Waals surface area contributed by atoms with Crippen molar-refractivity contribution in [1.82, 2.24) is 5.32 Å². The summed E-state index contributed by atoms with van der Waals surface area (Å²) in [4.78, 5) is 12.3. The number of methoxy groups -OCH3 is 1. The second-order valence-corrected chi connectivity index (χ2v) is 6.45. The lowest BCUT2D eigenvalue weighted by atomic mass is 10.1. The van der Waals surface area contributed by atoms with E-state index in [2.05, 4.69) is 33.4 Å². The van der Waals surface area contributed by atoms with E-state index in [-0.39, 0.29) is 11.8 Å². The number of carbonyl (C=O) groups excluding carboxylic acids is 1. The molecule has 1 amide bonds. The molecule has 4 heteroatoms. The molecule has 1 saturated carbocycles. The zero-order valence-corrected chi connectivity index (χ0v) is 14.0. The summed E-state index contributed by atoms with van der Waals surface area (Å²) < 4.78 is 6.36. The molecule has 2 aromatic rings. The molecule has 0 saturated heterocycles. The standard InChI is InChI=1S/C18H18BrNO2/c1-22-17-8-3-2-5-13(17)11-20-18(21)16-10-15(16)12-6-4-7-14(19)9-12/h2-9,15-16H,10-11H2,1H3,(H,20,21). The summed E-state index contributed by atoms with van der Waals surface area (Å²) >= 11 is 3.48. The number of hydrogen-bond donors (Lipinski definition) is 1. The highest BCUT2D eigenvalue weighted by Crippen LogP contribution is 2.48. The quantitative estimate of drug-likeness (QED) is 0.879. The normalized spacial score (nSPS) is 19.5. The molecule has 2 atom stereocenters. The number of ether oxygens (including phenoxy) is 1. The van der Waals surface area contributed by atoms with E-state index in [1.807, 2.05) is 36.4 Å². The Morgan fingerprint density at radius 2 is 2.09 bits per heavy atom. The van der Waals surface area contributed by atoms with Crippen LogP contribution in [0.1, 0.15) is 23.5 Å². The summed E-state index contributed by atoms with van der Waals surface area (Å²) in [6.07, 6.45) is 0.925. The Hall–Kier alpha value is -1.81. The van der Waals surface area contributed by atoms with Crippen molar-refractivity contribution in [3.8, 4) is 5.75 Å². The highest BCUT2D eigenvalue weighted by atomic mass is 79.9. The molecular weight excluding hydrogens is 342 g/mol. The minimum absolute atomic E-state index is 0.0870. The van der Waals surface area contributed by atoms with Crippen molar-refractivity contribution < 1.29 is 9.53 Å². The van der Waals surface area contributed by atoms with Crippen LogP contribution in [0.5, 0.6) is 5.75 Å². The minimum Gasteiger partial charge on any atom is -0.496 e. The number of carbonyl (C=O) groups is 1. The van der Waals surface area contributed by atoms with Crippen LogP contribution in [0.3, 0.4) is 0 Å². The Morgan fingerprint density at radius 1 is 1.27 bits per heavy atom. The summed E-state index contributed by atoms with van der Waals surface area (Å²) in [6.45, 7) is 0.505. The van der Waals surface area contributed by atoms with Gasteiger partial charge in [0.1, 0.15) is 5.75 Å². The van der Waals surface area contributed by atoms with Crippen molar-refractivity contribution in [3.05, 3.63) is 64.1 Å². The third-order valence-electron chi connectivity index (χ3n) is 4.05. The van der Waals surface area contributed by atoms with Crippen molar-refractivity contribution >= 4 is 21.8 Å². The first-order chi connectivity index (χ1) is 10.7. The van der Waals surface area contributed by atoms with E-state index >= 15 is 0 Å². The van der Waals surface area contributed by atoms with E-state index in [9.17, 15) is 4.79 Å². The number of amides is 1. The van der Waals surface area contributed by atoms with Gasteiger partial charge in [-0.05, 0) is 36.1 Å². The van der Waals surface area contributed by atoms with Gasteiger partial charge in [0.05, 0.1) is 7.11 Å². The first kappa shape index (κ1) is 15.1. The molecule has 114 valence electrons. The summed E-state index contributed by atoms with van der Waals surface area (Å²) in [6, 6.07) is 16.0. The largest absolute Gasteiger partial charge is 0.496 e. The topological polar surface area (TPSA) is 38.3 Å². The van der Waals surface area contributed by atoms with Crippen LogP contribution in [-0.2, 0) is 11.3 Å². The maximum atomic E-state index is 12.3. The van der Waals surface area contributed by atoms with Crippen LogP contribution < -0.4 is 10.1 Å². The average Bonchev–Trinajstić information content (AvgIpc) is 3.33. The Bertz CT molecular complexity index is 686. The summed E-state index contributed by atoms with van der Waals surface area (Å²) in [5.74, 6) is 1.36. The van der Waals surface area contributed by atoms with E-state index in [4.69, 9.17) is 4.74 Å². The predicted molar refractivity (Wildman–Crippen MR) is 89.8 cm³/mol. The van der Waals surface area contributed by atoms with Crippen LogP contribution in [0.2, 0.25) is 0 Å². The molecular formula is C18H18BrNO2. The molecule has 1 fully saturated rings. The smallest absolute Gasteiger partial charge is 0.224 e. The highest BCUT2D eigenvalue weighted by molar-refractivity contribution is 9.10. The Morgan fingerprint density at radius 3 is 2.86 bits per heavy atom. The molecule has 0 radical (unpaired) electrons. The van der Waals surface area contributed by atoms with Crippen molar-refractivity contribution in [2.45, 2.75) is 18.9 Å². The number of benzene rings is 2. The number of para-hydroxylation sites is 1. The van der Waals surface area contributed by atoms with E-state index < -0.39 is 0 Å². The van der Waals surface area contributed by atoms with Crippen molar-refractivity contribution in [2.75, 3.05) is 7.11 Å². The lowest BCUT2D eigenvalue weighted by molar-refractivity contribution is -0.122. The van der Waals surface area contributed by atoms with Gasteiger partial charge in [-0.15, -0.1) is 0 Å². The van der Waals surface area contributed by atoms with Gasteiger partial charge < -0.3 is 10.1 Å². The number of nitrogens with one attached hydrogen (secondary N) is 1. The minimum atomic E-state index is 0.0870. The maximum absolute atomic E-state index is 12.3. The van der Waals surface area contributed by atoms with E-state index in [0.29, 0.717) is 12.5 Å². The van der Waals surface area contributed by atoms with Gasteiger partial charge in [-0.1, -0.05) is 46.3 Å². The molecule has 0 heterocycles. The van der Waals surface area contributed by atoms with E-state index in [1.165, 1.54) is 5.56 Å². The summed E-state index contributed by atoms with van der Waals surface area (Å²) in [7, 11) is 1.64. The van der Waals surface area contributed by atoms with Gasteiger partial charge in [-0.25, -0.2) is 0 Å². The predicted octanol–water partition coefficient (Wildman–Crippen LogP) is 3.88. The molecule has 0 aromatic heterocycles. The number of hydrogen-bond acceptors (Lipinski definition) is 2.